The zero-order valence-corrected chi connectivity index (χ0v) is 13.4. The van der Waals surface area contributed by atoms with Crippen LogP contribution in [-0.2, 0) is 0 Å². The molecule has 0 atom stereocenters. The van der Waals surface area contributed by atoms with Crippen LogP contribution in [0.15, 0.2) is 83.6 Å². The van der Waals surface area contributed by atoms with E-state index >= 15 is 0 Å². The fourth-order valence-electron chi connectivity index (χ4n) is 2.64. The predicted octanol–water partition coefficient (Wildman–Crippen LogP) is 5.43. The summed E-state index contributed by atoms with van der Waals surface area (Å²) in [5.74, 6) is 0. The lowest BCUT2D eigenvalue weighted by Crippen LogP contribution is -1.88. The summed E-state index contributed by atoms with van der Waals surface area (Å²) >= 11 is 3.60. The first-order valence-electron chi connectivity index (χ1n) is 7.10. The van der Waals surface area contributed by atoms with Gasteiger partial charge < -0.3 is 4.40 Å². The van der Waals surface area contributed by atoms with Crippen molar-refractivity contribution >= 4 is 21.6 Å². The molecule has 2 aromatic carbocycles. The molecule has 0 bridgehead atoms. The molecule has 106 valence electrons. The van der Waals surface area contributed by atoms with Gasteiger partial charge in [0.15, 0.2) is 0 Å². The molecule has 4 rings (SSSR count). The zero-order valence-electron chi connectivity index (χ0n) is 11.8. The van der Waals surface area contributed by atoms with Gasteiger partial charge >= 0.3 is 0 Å². The van der Waals surface area contributed by atoms with Crippen LogP contribution in [-0.4, -0.2) is 9.38 Å². The monoisotopic (exact) mass is 348 g/mol. The van der Waals surface area contributed by atoms with Crippen molar-refractivity contribution in [3.05, 3.63) is 83.6 Å². The third-order valence-corrected chi connectivity index (χ3v) is 4.11. The summed E-state index contributed by atoms with van der Waals surface area (Å²) in [5, 5.41) is 0. The molecule has 0 saturated heterocycles. The second-order valence-corrected chi connectivity index (χ2v) is 6.08. The normalized spacial score (nSPS) is 11.0. The minimum atomic E-state index is 0.966. The molecular weight excluding hydrogens is 336 g/mol. The van der Waals surface area contributed by atoms with Gasteiger partial charge in [0, 0.05) is 28.0 Å². The van der Waals surface area contributed by atoms with Crippen LogP contribution in [0.1, 0.15) is 0 Å². The van der Waals surface area contributed by atoms with Crippen LogP contribution in [0.4, 0.5) is 0 Å². The lowest BCUT2D eigenvalue weighted by molar-refractivity contribution is 1.18. The third kappa shape index (κ3) is 2.34. The van der Waals surface area contributed by atoms with E-state index in [1.807, 2.05) is 42.6 Å². The molecule has 2 heterocycles. The maximum atomic E-state index is 4.84. The van der Waals surface area contributed by atoms with Crippen molar-refractivity contribution in [1.82, 2.24) is 9.38 Å². The summed E-state index contributed by atoms with van der Waals surface area (Å²) in [6.07, 6.45) is 4.11. The largest absolute Gasteiger partial charge is 0.305 e. The summed E-state index contributed by atoms with van der Waals surface area (Å²) in [5.41, 5.74) is 5.36. The Labute approximate surface area is 137 Å². The highest BCUT2D eigenvalue weighted by Crippen LogP contribution is 2.29. The average molecular weight is 349 g/mol. The quantitative estimate of drug-likeness (QED) is 0.472. The molecule has 0 amide bonds. The van der Waals surface area contributed by atoms with Crippen molar-refractivity contribution in [2.45, 2.75) is 0 Å². The molecule has 0 fully saturated rings. The molecule has 3 heteroatoms. The Morgan fingerprint density at radius 2 is 1.41 bits per heavy atom. The van der Waals surface area contributed by atoms with E-state index in [4.69, 9.17) is 4.98 Å². The van der Waals surface area contributed by atoms with E-state index in [9.17, 15) is 0 Å². The fraction of sp³-hybridized carbons (Fsp3) is 0. The molecule has 0 aliphatic heterocycles. The first-order chi connectivity index (χ1) is 10.8. The van der Waals surface area contributed by atoms with Crippen molar-refractivity contribution in [1.29, 1.82) is 0 Å². The van der Waals surface area contributed by atoms with Gasteiger partial charge in [-0.1, -0.05) is 60.7 Å². The van der Waals surface area contributed by atoms with E-state index in [0.717, 1.165) is 26.9 Å². The van der Waals surface area contributed by atoms with Gasteiger partial charge in [0.2, 0.25) is 0 Å². The Morgan fingerprint density at radius 1 is 0.773 bits per heavy atom. The SMILES string of the molecule is Brc1cc(-c2ccccc2)c2nc(-c3ccccc3)cn2c1. The molecule has 2 nitrogen and oxygen atoms in total. The van der Waals surface area contributed by atoms with Crippen LogP contribution in [0.2, 0.25) is 0 Å². The Kier molecular flexibility index (Phi) is 3.28. The van der Waals surface area contributed by atoms with Gasteiger partial charge in [-0.15, -0.1) is 0 Å². The highest BCUT2D eigenvalue weighted by molar-refractivity contribution is 9.10. The van der Waals surface area contributed by atoms with Crippen LogP contribution >= 0.6 is 15.9 Å². The van der Waals surface area contributed by atoms with Gasteiger partial charge in [-0.3, -0.25) is 0 Å². The van der Waals surface area contributed by atoms with Crippen molar-refractivity contribution in [3.63, 3.8) is 0 Å². The maximum Gasteiger partial charge on any atom is 0.145 e. The Balaban J connectivity index is 1.97. The van der Waals surface area contributed by atoms with E-state index in [1.165, 1.54) is 5.56 Å². The first kappa shape index (κ1) is 13.3. The van der Waals surface area contributed by atoms with Gasteiger partial charge in [-0.25, -0.2) is 4.98 Å². The first-order valence-corrected chi connectivity index (χ1v) is 7.90. The number of rotatable bonds is 2. The minimum absolute atomic E-state index is 0.966. The molecule has 2 aromatic heterocycles. The van der Waals surface area contributed by atoms with Crippen molar-refractivity contribution < 1.29 is 0 Å². The molecule has 0 unspecified atom stereocenters. The van der Waals surface area contributed by atoms with Crippen LogP contribution < -0.4 is 0 Å². The standard InChI is InChI=1S/C19H13BrN2/c20-16-11-17(14-7-3-1-4-8-14)19-21-18(13-22(19)12-16)15-9-5-2-6-10-15/h1-13H. The van der Waals surface area contributed by atoms with Crippen molar-refractivity contribution in [2.75, 3.05) is 0 Å². The van der Waals surface area contributed by atoms with Gasteiger partial charge in [0.1, 0.15) is 5.65 Å². The summed E-state index contributed by atoms with van der Waals surface area (Å²) in [4.78, 5) is 4.84. The number of halogens is 1. The molecule has 0 N–H and O–H groups in total. The van der Waals surface area contributed by atoms with Crippen LogP contribution in [0.5, 0.6) is 0 Å². The highest BCUT2D eigenvalue weighted by atomic mass is 79.9. The van der Waals surface area contributed by atoms with Gasteiger partial charge in [-0.05, 0) is 27.6 Å². The van der Waals surface area contributed by atoms with E-state index < -0.39 is 0 Å². The Morgan fingerprint density at radius 3 is 2.09 bits per heavy atom. The number of aromatic nitrogens is 2. The molecular formula is C19H13BrN2. The van der Waals surface area contributed by atoms with Gasteiger partial charge in [0.05, 0.1) is 5.69 Å². The molecule has 22 heavy (non-hydrogen) atoms. The van der Waals surface area contributed by atoms with Crippen LogP contribution in [0.25, 0.3) is 28.0 Å². The smallest absolute Gasteiger partial charge is 0.145 e. The molecule has 4 aromatic rings. The van der Waals surface area contributed by atoms with E-state index in [2.05, 4.69) is 56.9 Å². The number of hydrogen-bond donors (Lipinski definition) is 0. The second-order valence-electron chi connectivity index (χ2n) is 5.16. The van der Waals surface area contributed by atoms with E-state index in [1.54, 1.807) is 0 Å². The summed E-state index contributed by atoms with van der Waals surface area (Å²) in [6.45, 7) is 0. The number of imidazole rings is 1. The molecule has 0 aliphatic rings. The number of pyridine rings is 1. The van der Waals surface area contributed by atoms with Crippen molar-refractivity contribution in [2.24, 2.45) is 0 Å². The third-order valence-electron chi connectivity index (χ3n) is 3.67. The average Bonchev–Trinajstić information content (AvgIpc) is 2.99. The maximum absolute atomic E-state index is 4.84. The second kappa shape index (κ2) is 5.43. The number of nitrogens with zero attached hydrogens (tertiary/aromatic N) is 2. The van der Waals surface area contributed by atoms with Gasteiger partial charge in [-0.2, -0.15) is 0 Å². The number of benzene rings is 2. The lowest BCUT2D eigenvalue weighted by Gasteiger charge is -2.04. The predicted molar refractivity (Wildman–Crippen MR) is 93.8 cm³/mol. The highest BCUT2D eigenvalue weighted by Gasteiger charge is 2.10. The van der Waals surface area contributed by atoms with Crippen LogP contribution in [0.3, 0.4) is 0 Å². The Bertz CT molecular complexity index is 928. The summed E-state index contributed by atoms with van der Waals surface area (Å²) < 4.78 is 3.12. The topological polar surface area (TPSA) is 17.3 Å². The van der Waals surface area contributed by atoms with E-state index in [0.29, 0.717) is 0 Å². The van der Waals surface area contributed by atoms with Crippen LogP contribution in [0, 0.1) is 0 Å². The molecule has 0 aliphatic carbocycles. The molecule has 0 radical (unpaired) electrons. The van der Waals surface area contributed by atoms with Gasteiger partial charge in [0.25, 0.3) is 0 Å². The summed E-state index contributed by atoms with van der Waals surface area (Å²) in [6, 6.07) is 22.7. The molecule has 0 saturated carbocycles. The fourth-order valence-corrected chi connectivity index (χ4v) is 3.09. The Hall–Kier alpha value is -2.39. The zero-order chi connectivity index (χ0) is 14.9. The molecule has 0 spiro atoms. The summed E-state index contributed by atoms with van der Waals surface area (Å²) in [7, 11) is 0. The lowest BCUT2D eigenvalue weighted by atomic mass is 10.1. The van der Waals surface area contributed by atoms with Crippen molar-refractivity contribution in [3.8, 4) is 22.4 Å². The minimum Gasteiger partial charge on any atom is -0.305 e. The van der Waals surface area contributed by atoms with E-state index in [-0.39, 0.29) is 0 Å². The number of hydrogen-bond acceptors (Lipinski definition) is 1. The number of fused-ring (bicyclic) bond motifs is 1.